The zero-order valence-electron chi connectivity index (χ0n) is 9.71. The molecule has 0 aromatic heterocycles. The number of nitrogens with zero attached hydrogens (tertiary/aromatic N) is 2. The molecule has 0 aromatic rings. The number of hydrogen-bond acceptors (Lipinski definition) is 3. The SMILES string of the molecule is CN1CCC(CN(C)CCCN)CC1. The average molecular weight is 199 g/mol. The van der Waals surface area contributed by atoms with Crippen LogP contribution < -0.4 is 5.73 Å². The molecule has 0 bridgehead atoms. The van der Waals surface area contributed by atoms with Crippen molar-refractivity contribution < 1.29 is 0 Å². The van der Waals surface area contributed by atoms with E-state index < -0.39 is 0 Å². The lowest BCUT2D eigenvalue weighted by atomic mass is 9.97. The fourth-order valence-electron chi connectivity index (χ4n) is 2.14. The molecule has 0 radical (unpaired) electrons. The third-order valence-electron chi connectivity index (χ3n) is 3.15. The third kappa shape index (κ3) is 4.40. The Morgan fingerprint density at radius 1 is 1.36 bits per heavy atom. The maximum absolute atomic E-state index is 5.49. The Labute approximate surface area is 88.2 Å². The van der Waals surface area contributed by atoms with Crippen molar-refractivity contribution in [2.45, 2.75) is 19.3 Å². The van der Waals surface area contributed by atoms with Crippen LogP contribution in [0.25, 0.3) is 0 Å². The highest BCUT2D eigenvalue weighted by molar-refractivity contribution is 4.72. The molecule has 14 heavy (non-hydrogen) atoms. The second-order valence-corrected chi connectivity index (χ2v) is 4.65. The van der Waals surface area contributed by atoms with Crippen LogP contribution in [0.15, 0.2) is 0 Å². The molecule has 84 valence electrons. The molecular weight excluding hydrogens is 174 g/mol. The Kier molecular flexibility index (Phi) is 5.45. The van der Waals surface area contributed by atoms with Crippen LogP contribution in [0.2, 0.25) is 0 Å². The summed E-state index contributed by atoms with van der Waals surface area (Å²) in [4.78, 5) is 4.86. The highest BCUT2D eigenvalue weighted by atomic mass is 15.1. The van der Waals surface area contributed by atoms with Gasteiger partial charge in [0.25, 0.3) is 0 Å². The number of piperidine rings is 1. The largest absolute Gasteiger partial charge is 0.330 e. The summed E-state index contributed by atoms with van der Waals surface area (Å²) in [5.41, 5.74) is 5.49. The van der Waals surface area contributed by atoms with Gasteiger partial charge in [-0.25, -0.2) is 0 Å². The molecule has 3 heteroatoms. The Morgan fingerprint density at radius 3 is 2.57 bits per heavy atom. The highest BCUT2D eigenvalue weighted by Gasteiger charge is 2.17. The maximum atomic E-state index is 5.49. The van der Waals surface area contributed by atoms with E-state index in [0.29, 0.717) is 0 Å². The Morgan fingerprint density at radius 2 is 2.00 bits per heavy atom. The van der Waals surface area contributed by atoms with Gasteiger partial charge in [-0.3, -0.25) is 0 Å². The van der Waals surface area contributed by atoms with Crippen LogP contribution in [0.1, 0.15) is 19.3 Å². The molecule has 1 fully saturated rings. The van der Waals surface area contributed by atoms with Crippen LogP contribution in [-0.4, -0.2) is 56.6 Å². The summed E-state index contributed by atoms with van der Waals surface area (Å²) in [7, 11) is 4.43. The van der Waals surface area contributed by atoms with Crippen molar-refractivity contribution in [1.29, 1.82) is 0 Å². The van der Waals surface area contributed by atoms with Gasteiger partial charge in [0.15, 0.2) is 0 Å². The van der Waals surface area contributed by atoms with Crippen molar-refractivity contribution in [2.75, 3.05) is 46.8 Å². The minimum atomic E-state index is 0.817. The number of rotatable bonds is 5. The van der Waals surface area contributed by atoms with Crippen molar-refractivity contribution in [2.24, 2.45) is 11.7 Å². The summed E-state index contributed by atoms with van der Waals surface area (Å²) < 4.78 is 0. The number of nitrogens with two attached hydrogens (primary N) is 1. The zero-order valence-corrected chi connectivity index (χ0v) is 9.71. The van der Waals surface area contributed by atoms with Crippen molar-refractivity contribution in [3.63, 3.8) is 0 Å². The Hall–Kier alpha value is -0.120. The first-order chi connectivity index (χ1) is 6.72. The molecule has 0 spiro atoms. The van der Waals surface area contributed by atoms with Gasteiger partial charge in [0, 0.05) is 6.54 Å². The summed E-state index contributed by atoms with van der Waals surface area (Å²) in [6.45, 7) is 5.78. The van der Waals surface area contributed by atoms with Gasteiger partial charge in [0.05, 0.1) is 0 Å². The highest BCUT2D eigenvalue weighted by Crippen LogP contribution is 2.16. The van der Waals surface area contributed by atoms with Crippen molar-refractivity contribution in [1.82, 2.24) is 9.80 Å². The molecule has 3 nitrogen and oxygen atoms in total. The molecule has 0 saturated carbocycles. The van der Waals surface area contributed by atoms with Crippen LogP contribution in [0.5, 0.6) is 0 Å². The molecule has 1 aliphatic heterocycles. The summed E-state index contributed by atoms with van der Waals surface area (Å²) in [5.74, 6) is 0.911. The molecule has 1 heterocycles. The van der Waals surface area contributed by atoms with E-state index in [2.05, 4.69) is 23.9 Å². The third-order valence-corrected chi connectivity index (χ3v) is 3.15. The second-order valence-electron chi connectivity index (χ2n) is 4.65. The first-order valence-corrected chi connectivity index (χ1v) is 5.79. The minimum Gasteiger partial charge on any atom is -0.330 e. The predicted octanol–water partition coefficient (Wildman–Crippen LogP) is 0.609. The van der Waals surface area contributed by atoms with Gasteiger partial charge in [-0.2, -0.15) is 0 Å². The molecule has 1 rings (SSSR count). The monoisotopic (exact) mass is 199 g/mol. The van der Waals surface area contributed by atoms with E-state index in [1.54, 1.807) is 0 Å². The van der Waals surface area contributed by atoms with Gasteiger partial charge in [0.2, 0.25) is 0 Å². The molecule has 0 atom stereocenters. The van der Waals surface area contributed by atoms with Gasteiger partial charge >= 0.3 is 0 Å². The van der Waals surface area contributed by atoms with Crippen molar-refractivity contribution in [3.8, 4) is 0 Å². The van der Waals surface area contributed by atoms with Crippen molar-refractivity contribution in [3.05, 3.63) is 0 Å². The van der Waals surface area contributed by atoms with Gasteiger partial charge < -0.3 is 15.5 Å². The predicted molar refractivity (Wildman–Crippen MR) is 61.4 cm³/mol. The Balaban J connectivity index is 2.10. The first kappa shape index (κ1) is 12.0. The van der Waals surface area contributed by atoms with E-state index in [0.717, 1.165) is 25.4 Å². The zero-order chi connectivity index (χ0) is 10.4. The van der Waals surface area contributed by atoms with Crippen molar-refractivity contribution >= 4 is 0 Å². The molecule has 0 aromatic carbocycles. The standard InChI is InChI=1S/C11H25N3/c1-13-8-4-11(5-9-13)10-14(2)7-3-6-12/h11H,3-10,12H2,1-2H3. The number of likely N-dealkylation sites (tertiary alicyclic amines) is 1. The van der Waals surface area contributed by atoms with Gasteiger partial charge in [-0.05, 0) is 65.5 Å². The lowest BCUT2D eigenvalue weighted by Crippen LogP contribution is -2.36. The second kappa shape index (κ2) is 6.38. The fraction of sp³-hybridized carbons (Fsp3) is 1.00. The molecular formula is C11H25N3. The molecule has 0 unspecified atom stereocenters. The summed E-state index contributed by atoms with van der Waals surface area (Å²) >= 11 is 0. The lowest BCUT2D eigenvalue weighted by molar-refractivity contribution is 0.176. The summed E-state index contributed by atoms with van der Waals surface area (Å²) in [6.07, 6.45) is 3.86. The average Bonchev–Trinajstić information content (AvgIpc) is 2.18. The van der Waals surface area contributed by atoms with E-state index in [1.165, 1.54) is 32.5 Å². The van der Waals surface area contributed by atoms with E-state index in [9.17, 15) is 0 Å². The smallest absolute Gasteiger partial charge is 0.000757 e. The summed E-state index contributed by atoms with van der Waals surface area (Å²) in [5, 5.41) is 0. The van der Waals surface area contributed by atoms with Gasteiger partial charge in [-0.15, -0.1) is 0 Å². The quantitative estimate of drug-likeness (QED) is 0.704. The van der Waals surface area contributed by atoms with Crippen LogP contribution in [-0.2, 0) is 0 Å². The van der Waals surface area contributed by atoms with Gasteiger partial charge in [0.1, 0.15) is 0 Å². The minimum absolute atomic E-state index is 0.817. The van der Waals surface area contributed by atoms with Crippen LogP contribution in [0.3, 0.4) is 0 Å². The first-order valence-electron chi connectivity index (χ1n) is 5.79. The van der Waals surface area contributed by atoms with Crippen LogP contribution in [0.4, 0.5) is 0 Å². The number of hydrogen-bond donors (Lipinski definition) is 1. The molecule has 1 aliphatic rings. The fourth-order valence-corrected chi connectivity index (χ4v) is 2.14. The van der Waals surface area contributed by atoms with E-state index >= 15 is 0 Å². The molecule has 0 aliphatic carbocycles. The topological polar surface area (TPSA) is 32.5 Å². The lowest BCUT2D eigenvalue weighted by Gasteiger charge is -2.31. The molecule has 1 saturated heterocycles. The molecule has 0 amide bonds. The normalized spacial score (nSPS) is 20.6. The van der Waals surface area contributed by atoms with E-state index in [-0.39, 0.29) is 0 Å². The van der Waals surface area contributed by atoms with E-state index in [1.807, 2.05) is 0 Å². The van der Waals surface area contributed by atoms with Gasteiger partial charge in [-0.1, -0.05) is 0 Å². The van der Waals surface area contributed by atoms with E-state index in [4.69, 9.17) is 5.73 Å². The van der Waals surface area contributed by atoms with Crippen LogP contribution >= 0.6 is 0 Å². The molecule has 2 N–H and O–H groups in total. The van der Waals surface area contributed by atoms with Crippen LogP contribution in [0, 0.1) is 5.92 Å². The summed E-state index contributed by atoms with van der Waals surface area (Å²) in [6, 6.07) is 0. The maximum Gasteiger partial charge on any atom is 0.000757 e. The Bertz CT molecular complexity index is 141.